The van der Waals surface area contributed by atoms with Gasteiger partial charge in [-0.15, -0.1) is 0 Å². The normalized spacial score (nSPS) is 20.9. The van der Waals surface area contributed by atoms with Crippen molar-refractivity contribution in [3.8, 4) is 6.07 Å². The molecule has 4 amide bonds. The van der Waals surface area contributed by atoms with E-state index >= 15 is 0 Å². The van der Waals surface area contributed by atoms with Gasteiger partial charge in [-0.1, -0.05) is 6.92 Å². The molecule has 36 heavy (non-hydrogen) atoms. The molecule has 5 rings (SSSR count). The van der Waals surface area contributed by atoms with Crippen molar-refractivity contribution in [2.75, 3.05) is 38.5 Å². The van der Waals surface area contributed by atoms with Crippen molar-refractivity contribution in [1.82, 2.24) is 34.9 Å². The number of carbonyl (C=O) groups is 3. The number of hydrogen-bond donors (Lipinski definition) is 3. The van der Waals surface area contributed by atoms with Crippen molar-refractivity contribution in [2.24, 2.45) is 11.8 Å². The molecule has 3 aromatic rings. The lowest BCUT2D eigenvalue weighted by atomic mass is 9.93. The number of rotatable bonds is 2. The third-order valence-corrected chi connectivity index (χ3v) is 7.39. The Labute approximate surface area is 207 Å². The van der Waals surface area contributed by atoms with Gasteiger partial charge in [0, 0.05) is 56.9 Å². The third kappa shape index (κ3) is 4.10. The van der Waals surface area contributed by atoms with Gasteiger partial charge in [-0.3, -0.25) is 19.4 Å². The van der Waals surface area contributed by atoms with Crippen molar-refractivity contribution in [3.05, 3.63) is 18.5 Å². The molecule has 0 aromatic carbocycles. The van der Waals surface area contributed by atoms with E-state index in [-0.39, 0.29) is 23.9 Å². The van der Waals surface area contributed by atoms with Gasteiger partial charge in [0.1, 0.15) is 5.82 Å². The van der Waals surface area contributed by atoms with Crippen LogP contribution in [0.3, 0.4) is 0 Å². The second kappa shape index (κ2) is 9.49. The molecule has 2 atom stereocenters. The van der Waals surface area contributed by atoms with E-state index in [0.717, 1.165) is 17.3 Å². The van der Waals surface area contributed by atoms with Crippen LogP contribution in [0.25, 0.3) is 21.9 Å². The number of piperidine rings is 2. The number of anilines is 1. The zero-order valence-corrected chi connectivity index (χ0v) is 20.3. The molecule has 0 radical (unpaired) electrons. The predicted octanol–water partition coefficient (Wildman–Crippen LogP) is 1.84. The SMILES string of the molecule is CNC(=O)C(=O)Nc1[nH]n([C@H]2CN(C(=O)N3CCC(C#N)CC3)CC[C@H]2C)c2c1cnc1nccc12. The van der Waals surface area contributed by atoms with Gasteiger partial charge in [0.15, 0.2) is 5.65 Å². The van der Waals surface area contributed by atoms with Crippen LogP contribution >= 0.6 is 0 Å². The van der Waals surface area contributed by atoms with Gasteiger partial charge >= 0.3 is 17.8 Å². The average molecular weight is 492 g/mol. The van der Waals surface area contributed by atoms with Crippen LogP contribution in [0.4, 0.5) is 10.6 Å². The van der Waals surface area contributed by atoms with Gasteiger partial charge in [-0.2, -0.15) is 5.26 Å². The number of H-pyrrole nitrogens is 1. The summed E-state index contributed by atoms with van der Waals surface area (Å²) in [4.78, 5) is 50.0. The zero-order chi connectivity index (χ0) is 25.4. The molecule has 12 nitrogen and oxygen atoms in total. The predicted molar refractivity (Wildman–Crippen MR) is 132 cm³/mol. The largest absolute Gasteiger partial charge is 0.351 e. The van der Waals surface area contributed by atoms with Crippen LogP contribution in [-0.2, 0) is 9.59 Å². The van der Waals surface area contributed by atoms with Gasteiger partial charge in [0.25, 0.3) is 0 Å². The first-order chi connectivity index (χ1) is 17.4. The molecule has 12 heteroatoms. The van der Waals surface area contributed by atoms with E-state index in [1.165, 1.54) is 7.05 Å². The van der Waals surface area contributed by atoms with Crippen LogP contribution in [-0.4, -0.2) is 80.6 Å². The van der Waals surface area contributed by atoms with Crippen LogP contribution in [0.5, 0.6) is 0 Å². The molecule has 2 aliphatic rings. The first kappa shape index (κ1) is 23.6. The quantitative estimate of drug-likeness (QED) is 0.465. The number of carbonyl (C=O) groups excluding carboxylic acids is 3. The Bertz CT molecular complexity index is 1360. The lowest BCUT2D eigenvalue weighted by Gasteiger charge is -2.41. The summed E-state index contributed by atoms with van der Waals surface area (Å²) in [5.41, 5.74) is 1.39. The number of hydrogen-bond acceptors (Lipinski definition) is 6. The molecular formula is C24H29N9O3. The third-order valence-electron chi connectivity index (χ3n) is 7.39. The van der Waals surface area contributed by atoms with Crippen molar-refractivity contribution >= 4 is 45.6 Å². The zero-order valence-electron chi connectivity index (χ0n) is 20.3. The van der Waals surface area contributed by atoms with E-state index in [2.05, 4.69) is 38.7 Å². The standard InChI is InChI=1S/C24H29N9O3/c1-14-4-8-32(24(36)31-9-5-15(11-25)6-10-31)13-18(14)33-19-16-3-7-27-20(16)28-12-17(19)21(30-33)29-23(35)22(34)26-2/h3,7,12,14-15,18,30H,4-6,8-10,13H2,1-2H3,(H,26,34)(H,29,35)/t14-,18+/m1/s1. The summed E-state index contributed by atoms with van der Waals surface area (Å²) < 4.78 is 1.98. The molecule has 3 N–H and O–H groups in total. The Balaban J connectivity index is 1.48. The fourth-order valence-corrected chi connectivity index (χ4v) is 5.21. The van der Waals surface area contributed by atoms with Crippen LogP contribution in [0.1, 0.15) is 32.2 Å². The highest BCUT2D eigenvalue weighted by Crippen LogP contribution is 2.36. The minimum atomic E-state index is -0.789. The minimum Gasteiger partial charge on any atom is -0.351 e. The van der Waals surface area contributed by atoms with Crippen molar-refractivity contribution < 1.29 is 14.4 Å². The number of nitrogens with one attached hydrogen (secondary N) is 3. The summed E-state index contributed by atoms with van der Waals surface area (Å²) in [5.74, 6) is -0.928. The fourth-order valence-electron chi connectivity index (χ4n) is 5.21. The summed E-state index contributed by atoms with van der Waals surface area (Å²) in [6.45, 7) is 4.47. The van der Waals surface area contributed by atoms with Crippen LogP contribution in [0.2, 0.25) is 0 Å². The monoisotopic (exact) mass is 491 g/mol. The number of pyridine rings is 1. The number of aromatic amines is 1. The maximum absolute atomic E-state index is 13.4. The summed E-state index contributed by atoms with van der Waals surface area (Å²) in [6.07, 6.45) is 5.53. The number of nitrogens with zero attached hydrogens (tertiary/aromatic N) is 6. The highest BCUT2D eigenvalue weighted by Gasteiger charge is 2.35. The Hall–Kier alpha value is -4.14. The van der Waals surface area contributed by atoms with Crippen LogP contribution < -0.4 is 10.6 Å². The van der Waals surface area contributed by atoms with E-state index in [0.29, 0.717) is 55.9 Å². The molecule has 2 saturated heterocycles. The molecule has 0 bridgehead atoms. The number of likely N-dealkylation sites (N-methyl/N-ethyl adjacent to an activating group) is 1. The summed E-state index contributed by atoms with van der Waals surface area (Å²) in [5, 5.41) is 18.9. The van der Waals surface area contributed by atoms with Gasteiger partial charge in [-0.25, -0.2) is 14.8 Å². The highest BCUT2D eigenvalue weighted by atomic mass is 16.2. The summed E-state index contributed by atoms with van der Waals surface area (Å²) in [6, 6.07) is 4.07. The van der Waals surface area contributed by atoms with Crippen molar-refractivity contribution in [2.45, 2.75) is 32.2 Å². The van der Waals surface area contributed by atoms with Gasteiger partial charge in [0.05, 0.1) is 23.0 Å². The van der Waals surface area contributed by atoms with E-state index in [1.807, 2.05) is 20.5 Å². The molecule has 0 unspecified atom stereocenters. The van der Waals surface area contributed by atoms with Gasteiger partial charge in [0.2, 0.25) is 0 Å². The molecule has 0 spiro atoms. The second-order valence-corrected chi connectivity index (χ2v) is 9.54. The molecule has 0 aliphatic carbocycles. The Kier molecular flexibility index (Phi) is 6.22. The van der Waals surface area contributed by atoms with Crippen molar-refractivity contribution in [1.29, 1.82) is 5.26 Å². The van der Waals surface area contributed by atoms with E-state index in [1.54, 1.807) is 12.4 Å². The topological polar surface area (TPSA) is 152 Å². The molecule has 188 valence electrons. The smallest absolute Gasteiger partial charge is 0.320 e. The van der Waals surface area contributed by atoms with E-state index in [4.69, 9.17) is 0 Å². The second-order valence-electron chi connectivity index (χ2n) is 9.54. The lowest BCUT2D eigenvalue weighted by Crippen LogP contribution is -2.51. The van der Waals surface area contributed by atoms with Gasteiger partial charge < -0.3 is 20.4 Å². The van der Waals surface area contributed by atoms with Crippen LogP contribution in [0, 0.1) is 23.2 Å². The minimum absolute atomic E-state index is 0.00492. The first-order valence-corrected chi connectivity index (χ1v) is 12.2. The maximum atomic E-state index is 13.4. The first-order valence-electron chi connectivity index (χ1n) is 12.2. The van der Waals surface area contributed by atoms with Crippen LogP contribution in [0.15, 0.2) is 18.5 Å². The molecule has 5 heterocycles. The molecule has 0 saturated carbocycles. The highest BCUT2D eigenvalue weighted by molar-refractivity contribution is 6.40. The number of amides is 4. The average Bonchev–Trinajstić information content (AvgIpc) is 3.52. The Morgan fingerprint density at radius 1 is 1.08 bits per heavy atom. The molecule has 2 aliphatic heterocycles. The summed E-state index contributed by atoms with van der Waals surface area (Å²) >= 11 is 0. The maximum Gasteiger partial charge on any atom is 0.320 e. The fraction of sp³-hybridized carbons (Fsp3) is 0.500. The number of likely N-dealkylation sites (tertiary alicyclic amines) is 2. The number of aromatic nitrogens is 4. The molecule has 3 aromatic heterocycles. The Morgan fingerprint density at radius 3 is 2.56 bits per heavy atom. The van der Waals surface area contributed by atoms with E-state index in [9.17, 15) is 19.6 Å². The van der Waals surface area contributed by atoms with Crippen molar-refractivity contribution in [3.63, 3.8) is 0 Å². The number of fused-ring (bicyclic) bond motifs is 3. The number of nitriles is 1. The molecular weight excluding hydrogens is 462 g/mol. The molecule has 2 fully saturated rings. The summed E-state index contributed by atoms with van der Waals surface area (Å²) in [7, 11) is 1.40. The van der Waals surface area contributed by atoms with E-state index < -0.39 is 11.8 Å². The lowest BCUT2D eigenvalue weighted by molar-refractivity contribution is -0.135. The Morgan fingerprint density at radius 2 is 1.83 bits per heavy atom. The van der Waals surface area contributed by atoms with Gasteiger partial charge in [-0.05, 0) is 31.2 Å². The number of urea groups is 1.